The van der Waals surface area contributed by atoms with Crippen molar-refractivity contribution in [2.75, 3.05) is 24.2 Å². The minimum atomic E-state index is -1.09. The van der Waals surface area contributed by atoms with Crippen molar-refractivity contribution in [1.82, 2.24) is 9.97 Å². The highest BCUT2D eigenvalue weighted by Gasteiger charge is 2.24. The van der Waals surface area contributed by atoms with E-state index in [4.69, 9.17) is 20.9 Å². The normalized spacial score (nSPS) is 15.0. The summed E-state index contributed by atoms with van der Waals surface area (Å²) >= 11 is 0. The SMILES string of the molecule is CN1CCCc2c1nc1c(c2N)CCC1.O=C(O)c1cncc(O)c1. The maximum Gasteiger partial charge on any atom is 0.337 e. The highest BCUT2D eigenvalue weighted by atomic mass is 16.4. The van der Waals surface area contributed by atoms with E-state index >= 15 is 0 Å². The molecular formula is C18H22N4O3. The van der Waals surface area contributed by atoms with Gasteiger partial charge >= 0.3 is 5.97 Å². The third-order valence-electron chi connectivity index (χ3n) is 4.60. The van der Waals surface area contributed by atoms with Gasteiger partial charge in [-0.3, -0.25) is 4.98 Å². The molecule has 0 atom stereocenters. The van der Waals surface area contributed by atoms with Gasteiger partial charge in [0.05, 0.1) is 11.8 Å². The fraction of sp³-hybridized carbons (Fsp3) is 0.389. The predicted molar refractivity (Wildman–Crippen MR) is 95.1 cm³/mol. The summed E-state index contributed by atoms with van der Waals surface area (Å²) in [6, 6.07) is 1.13. The monoisotopic (exact) mass is 342 g/mol. The number of carboxylic acids is 1. The van der Waals surface area contributed by atoms with Crippen LogP contribution in [0.3, 0.4) is 0 Å². The minimum absolute atomic E-state index is 0.0139. The lowest BCUT2D eigenvalue weighted by atomic mass is 10.00. The molecule has 3 heterocycles. The van der Waals surface area contributed by atoms with E-state index in [0.29, 0.717) is 0 Å². The van der Waals surface area contributed by atoms with Crippen molar-refractivity contribution in [3.05, 3.63) is 40.8 Å². The second-order valence-corrected chi connectivity index (χ2v) is 6.37. The van der Waals surface area contributed by atoms with Gasteiger partial charge in [0.15, 0.2) is 0 Å². The fourth-order valence-electron chi connectivity index (χ4n) is 3.35. The second kappa shape index (κ2) is 6.96. The smallest absolute Gasteiger partial charge is 0.337 e. The van der Waals surface area contributed by atoms with Crippen LogP contribution in [-0.2, 0) is 19.3 Å². The van der Waals surface area contributed by atoms with Crippen molar-refractivity contribution in [1.29, 1.82) is 0 Å². The van der Waals surface area contributed by atoms with Gasteiger partial charge in [-0.2, -0.15) is 0 Å². The van der Waals surface area contributed by atoms with E-state index in [1.165, 1.54) is 42.1 Å². The topological polar surface area (TPSA) is 113 Å². The molecule has 0 unspecified atom stereocenters. The number of aromatic carboxylic acids is 1. The van der Waals surface area contributed by atoms with Crippen LogP contribution in [0.25, 0.3) is 0 Å². The Balaban J connectivity index is 0.000000160. The number of nitrogen functional groups attached to an aromatic ring is 1. The number of carbonyl (C=O) groups is 1. The Morgan fingerprint density at radius 1 is 1.20 bits per heavy atom. The van der Waals surface area contributed by atoms with Crippen LogP contribution in [0.15, 0.2) is 18.5 Å². The number of hydrogen-bond acceptors (Lipinski definition) is 6. The number of fused-ring (bicyclic) bond motifs is 2. The third kappa shape index (κ3) is 3.50. The summed E-state index contributed by atoms with van der Waals surface area (Å²) < 4.78 is 0. The zero-order valence-corrected chi connectivity index (χ0v) is 14.2. The molecule has 0 radical (unpaired) electrons. The molecular weight excluding hydrogens is 320 g/mol. The molecule has 0 saturated carbocycles. The van der Waals surface area contributed by atoms with E-state index in [1.807, 2.05) is 0 Å². The molecule has 132 valence electrons. The Morgan fingerprint density at radius 3 is 2.64 bits per heavy atom. The first-order valence-electron chi connectivity index (χ1n) is 8.36. The van der Waals surface area contributed by atoms with Gasteiger partial charge in [0.25, 0.3) is 0 Å². The molecule has 25 heavy (non-hydrogen) atoms. The fourth-order valence-corrected chi connectivity index (χ4v) is 3.35. The maximum absolute atomic E-state index is 10.2. The molecule has 0 saturated heterocycles. The van der Waals surface area contributed by atoms with Crippen LogP contribution >= 0.6 is 0 Å². The first-order chi connectivity index (χ1) is 12.0. The molecule has 0 aromatic carbocycles. The number of nitrogens with two attached hydrogens (primary N) is 1. The molecule has 7 nitrogen and oxygen atoms in total. The van der Waals surface area contributed by atoms with E-state index in [2.05, 4.69) is 16.9 Å². The van der Waals surface area contributed by atoms with Gasteiger partial charge in [0, 0.05) is 36.7 Å². The summed E-state index contributed by atoms with van der Waals surface area (Å²) in [5.74, 6) is -0.0947. The maximum atomic E-state index is 10.2. The largest absolute Gasteiger partial charge is 0.506 e. The standard InChI is InChI=1S/C12H17N3.C6H5NO3/c1-15-7-3-5-9-11(13)8-4-2-6-10(8)14-12(9)15;8-5-1-4(6(9)10)2-7-3-5/h2-7H2,1H3,(H2,13,14);1-3,8H,(H,9,10). The minimum Gasteiger partial charge on any atom is -0.506 e. The van der Waals surface area contributed by atoms with E-state index < -0.39 is 5.97 Å². The number of rotatable bonds is 1. The van der Waals surface area contributed by atoms with Crippen LogP contribution in [-0.4, -0.2) is 39.7 Å². The van der Waals surface area contributed by atoms with Crippen LogP contribution in [0.2, 0.25) is 0 Å². The van der Waals surface area contributed by atoms with Gasteiger partial charge in [-0.1, -0.05) is 0 Å². The average Bonchev–Trinajstić information content (AvgIpc) is 3.06. The van der Waals surface area contributed by atoms with Gasteiger partial charge in [-0.25, -0.2) is 9.78 Å². The van der Waals surface area contributed by atoms with Crippen molar-refractivity contribution in [3.8, 4) is 5.75 Å². The van der Waals surface area contributed by atoms with E-state index in [9.17, 15) is 4.79 Å². The molecule has 0 fully saturated rings. The lowest BCUT2D eigenvalue weighted by molar-refractivity contribution is 0.0696. The molecule has 4 rings (SSSR count). The first kappa shape index (κ1) is 17.0. The predicted octanol–water partition coefficient (Wildman–Crippen LogP) is 2.02. The Kier molecular flexibility index (Phi) is 4.74. The van der Waals surface area contributed by atoms with Crippen molar-refractivity contribution in [2.45, 2.75) is 32.1 Å². The van der Waals surface area contributed by atoms with Crippen molar-refractivity contribution < 1.29 is 15.0 Å². The summed E-state index contributed by atoms with van der Waals surface area (Å²) in [5, 5.41) is 17.1. The summed E-state index contributed by atoms with van der Waals surface area (Å²) in [6.07, 6.45) is 8.11. The van der Waals surface area contributed by atoms with Crippen molar-refractivity contribution in [2.24, 2.45) is 0 Å². The Morgan fingerprint density at radius 2 is 1.96 bits per heavy atom. The number of anilines is 2. The number of aromatic hydroxyl groups is 1. The molecule has 2 aromatic rings. The van der Waals surface area contributed by atoms with Crippen LogP contribution in [0.1, 0.15) is 40.0 Å². The molecule has 7 heteroatoms. The quantitative estimate of drug-likeness (QED) is 0.726. The summed E-state index contributed by atoms with van der Waals surface area (Å²) in [5.41, 5.74) is 11.2. The zero-order chi connectivity index (χ0) is 18.0. The third-order valence-corrected chi connectivity index (χ3v) is 4.60. The highest BCUT2D eigenvalue weighted by molar-refractivity contribution is 5.87. The molecule has 2 aromatic heterocycles. The number of aryl methyl sites for hydroxylation is 1. The van der Waals surface area contributed by atoms with Gasteiger partial charge < -0.3 is 20.8 Å². The average molecular weight is 342 g/mol. The molecule has 2 aliphatic rings. The molecule has 0 bridgehead atoms. The summed E-state index contributed by atoms with van der Waals surface area (Å²) in [6.45, 7) is 1.11. The van der Waals surface area contributed by atoms with Crippen LogP contribution in [0, 0.1) is 0 Å². The molecule has 0 amide bonds. The highest BCUT2D eigenvalue weighted by Crippen LogP contribution is 2.36. The number of carboxylic acid groups (broad SMARTS) is 1. The first-order valence-corrected chi connectivity index (χ1v) is 8.36. The number of nitrogens with zero attached hydrogens (tertiary/aromatic N) is 3. The van der Waals surface area contributed by atoms with Crippen molar-refractivity contribution in [3.63, 3.8) is 0 Å². The van der Waals surface area contributed by atoms with Crippen LogP contribution < -0.4 is 10.6 Å². The molecule has 0 spiro atoms. The Hall–Kier alpha value is -2.83. The van der Waals surface area contributed by atoms with Crippen molar-refractivity contribution >= 4 is 17.5 Å². The molecule has 1 aliphatic heterocycles. The summed E-state index contributed by atoms with van der Waals surface area (Å²) in [4.78, 5) is 20.7. The Labute approximate surface area is 146 Å². The van der Waals surface area contributed by atoms with Crippen LogP contribution in [0.4, 0.5) is 11.5 Å². The van der Waals surface area contributed by atoms with Crippen LogP contribution in [0.5, 0.6) is 5.75 Å². The zero-order valence-electron chi connectivity index (χ0n) is 14.2. The van der Waals surface area contributed by atoms with Gasteiger partial charge in [0.1, 0.15) is 11.6 Å². The van der Waals surface area contributed by atoms with E-state index in [-0.39, 0.29) is 11.3 Å². The lowest BCUT2D eigenvalue weighted by Crippen LogP contribution is -2.27. The van der Waals surface area contributed by atoms with E-state index in [0.717, 1.165) is 43.4 Å². The number of aromatic nitrogens is 2. The van der Waals surface area contributed by atoms with E-state index in [1.54, 1.807) is 0 Å². The Bertz CT molecular complexity index is 807. The molecule has 1 aliphatic carbocycles. The number of hydrogen-bond donors (Lipinski definition) is 3. The van der Waals surface area contributed by atoms with Gasteiger partial charge in [-0.15, -0.1) is 0 Å². The second-order valence-electron chi connectivity index (χ2n) is 6.37. The van der Waals surface area contributed by atoms with Gasteiger partial charge in [-0.05, 0) is 43.7 Å². The lowest BCUT2D eigenvalue weighted by Gasteiger charge is -2.28. The number of pyridine rings is 2. The molecule has 4 N–H and O–H groups in total. The van der Waals surface area contributed by atoms with Gasteiger partial charge in [0.2, 0.25) is 0 Å². The summed E-state index contributed by atoms with van der Waals surface area (Å²) in [7, 11) is 2.12.